The number of β-amino-alcohol motifs (C(OH)–C–C–N with tert-alkyl or cyclic N) is 1. The van der Waals surface area contributed by atoms with Crippen molar-refractivity contribution in [2.45, 2.75) is 12.5 Å². The van der Waals surface area contributed by atoms with Crippen LogP contribution in [-0.2, 0) is 0 Å². The molecule has 4 heteroatoms. The van der Waals surface area contributed by atoms with Crippen LogP contribution >= 0.6 is 11.6 Å². The first-order valence-corrected chi connectivity index (χ1v) is 5.27. The van der Waals surface area contributed by atoms with Gasteiger partial charge in [0.2, 0.25) is 0 Å². The maximum atomic E-state index is 11.9. The monoisotopic (exact) mass is 225 g/mol. The lowest BCUT2D eigenvalue weighted by Crippen LogP contribution is -2.29. The van der Waals surface area contributed by atoms with Crippen LogP contribution < -0.4 is 0 Å². The fraction of sp³-hybridized carbons (Fsp3) is 0.364. The number of aliphatic hydroxyl groups excluding tert-OH is 1. The molecule has 1 aliphatic heterocycles. The van der Waals surface area contributed by atoms with E-state index in [-0.39, 0.29) is 12.0 Å². The second kappa shape index (κ2) is 4.21. The van der Waals surface area contributed by atoms with Gasteiger partial charge in [0.15, 0.2) is 0 Å². The van der Waals surface area contributed by atoms with Crippen molar-refractivity contribution in [2.75, 3.05) is 13.1 Å². The van der Waals surface area contributed by atoms with E-state index in [1.807, 2.05) is 0 Å². The summed E-state index contributed by atoms with van der Waals surface area (Å²) in [4.78, 5) is 13.6. The Balaban J connectivity index is 2.14. The van der Waals surface area contributed by atoms with E-state index in [1.54, 1.807) is 29.2 Å². The Morgan fingerprint density at radius 3 is 2.93 bits per heavy atom. The minimum atomic E-state index is -0.381. The van der Waals surface area contributed by atoms with Crippen LogP contribution in [0.3, 0.4) is 0 Å². The Hall–Kier alpha value is -1.06. The predicted octanol–water partition coefficient (Wildman–Crippen LogP) is 1.55. The van der Waals surface area contributed by atoms with Crippen molar-refractivity contribution < 1.29 is 9.90 Å². The summed E-state index contributed by atoms with van der Waals surface area (Å²) >= 11 is 5.80. The SMILES string of the molecule is O=C(c1cccc(Cl)c1)N1CC[C@@H](O)C1. The molecular formula is C11H12ClNO2. The molecule has 3 nitrogen and oxygen atoms in total. The van der Waals surface area contributed by atoms with Crippen molar-refractivity contribution in [3.63, 3.8) is 0 Å². The average molecular weight is 226 g/mol. The van der Waals surface area contributed by atoms with Crippen molar-refractivity contribution in [1.82, 2.24) is 4.90 Å². The van der Waals surface area contributed by atoms with Gasteiger partial charge in [-0.3, -0.25) is 4.79 Å². The van der Waals surface area contributed by atoms with Gasteiger partial charge in [0.1, 0.15) is 0 Å². The molecule has 1 N–H and O–H groups in total. The van der Waals surface area contributed by atoms with Crippen molar-refractivity contribution in [3.05, 3.63) is 34.9 Å². The molecule has 1 saturated heterocycles. The minimum absolute atomic E-state index is 0.0611. The van der Waals surface area contributed by atoms with Crippen molar-refractivity contribution in [3.8, 4) is 0 Å². The van der Waals surface area contributed by atoms with Gasteiger partial charge in [-0.1, -0.05) is 17.7 Å². The van der Waals surface area contributed by atoms with Gasteiger partial charge in [0.05, 0.1) is 6.10 Å². The summed E-state index contributed by atoms with van der Waals surface area (Å²) in [5.74, 6) is -0.0611. The number of nitrogens with zero attached hydrogens (tertiary/aromatic N) is 1. The first-order valence-electron chi connectivity index (χ1n) is 4.90. The highest BCUT2D eigenvalue weighted by atomic mass is 35.5. The van der Waals surface area contributed by atoms with E-state index in [9.17, 15) is 9.90 Å². The standard InChI is InChI=1S/C11H12ClNO2/c12-9-3-1-2-8(6-9)11(15)13-5-4-10(14)7-13/h1-3,6,10,14H,4-5,7H2/t10-/m1/s1. The molecule has 15 heavy (non-hydrogen) atoms. The number of carbonyl (C=O) groups excluding carboxylic acids is 1. The van der Waals surface area contributed by atoms with E-state index < -0.39 is 0 Å². The second-order valence-corrected chi connectivity index (χ2v) is 4.14. The van der Waals surface area contributed by atoms with Crippen LogP contribution in [0.2, 0.25) is 5.02 Å². The maximum Gasteiger partial charge on any atom is 0.253 e. The number of rotatable bonds is 1. The second-order valence-electron chi connectivity index (χ2n) is 3.70. The first kappa shape index (κ1) is 10.5. The molecule has 0 aliphatic carbocycles. The Bertz CT molecular complexity index is 381. The fourth-order valence-electron chi connectivity index (χ4n) is 1.73. The zero-order chi connectivity index (χ0) is 10.8. The number of hydrogen-bond acceptors (Lipinski definition) is 2. The van der Waals surface area contributed by atoms with Crippen LogP contribution in [0.15, 0.2) is 24.3 Å². The smallest absolute Gasteiger partial charge is 0.253 e. The number of halogens is 1. The third kappa shape index (κ3) is 2.30. The normalized spacial score (nSPS) is 20.7. The number of carbonyl (C=O) groups is 1. The van der Waals surface area contributed by atoms with Gasteiger partial charge in [-0.2, -0.15) is 0 Å². The van der Waals surface area contributed by atoms with Crippen molar-refractivity contribution in [2.24, 2.45) is 0 Å². The molecule has 2 rings (SSSR count). The number of aliphatic hydroxyl groups is 1. The third-order valence-corrected chi connectivity index (χ3v) is 2.76. The Labute approximate surface area is 93.3 Å². The zero-order valence-corrected chi connectivity index (χ0v) is 8.94. The van der Waals surface area contributed by atoms with Gasteiger partial charge in [-0.15, -0.1) is 0 Å². The molecule has 1 aliphatic rings. The van der Waals surface area contributed by atoms with Gasteiger partial charge in [-0.05, 0) is 24.6 Å². The van der Waals surface area contributed by atoms with Gasteiger partial charge in [-0.25, -0.2) is 0 Å². The van der Waals surface area contributed by atoms with E-state index in [2.05, 4.69) is 0 Å². The topological polar surface area (TPSA) is 40.5 Å². The molecule has 1 atom stereocenters. The molecule has 80 valence electrons. The molecule has 0 spiro atoms. The highest BCUT2D eigenvalue weighted by Crippen LogP contribution is 2.16. The van der Waals surface area contributed by atoms with Crippen molar-refractivity contribution in [1.29, 1.82) is 0 Å². The third-order valence-electron chi connectivity index (χ3n) is 2.52. The first-order chi connectivity index (χ1) is 7.16. The van der Waals surface area contributed by atoms with Gasteiger partial charge < -0.3 is 10.0 Å². The van der Waals surface area contributed by atoms with Crippen LogP contribution in [0.5, 0.6) is 0 Å². The molecule has 0 radical (unpaired) electrons. The molecule has 1 amide bonds. The lowest BCUT2D eigenvalue weighted by atomic mass is 10.2. The van der Waals surface area contributed by atoms with E-state index in [1.165, 1.54) is 0 Å². The molecule has 0 bridgehead atoms. The van der Waals surface area contributed by atoms with Crippen LogP contribution in [-0.4, -0.2) is 35.1 Å². The van der Waals surface area contributed by atoms with E-state index in [0.29, 0.717) is 30.1 Å². The molecule has 1 heterocycles. The Morgan fingerprint density at radius 2 is 2.33 bits per heavy atom. The van der Waals surface area contributed by atoms with Crippen LogP contribution in [0.4, 0.5) is 0 Å². The highest BCUT2D eigenvalue weighted by Gasteiger charge is 2.25. The van der Waals surface area contributed by atoms with Crippen molar-refractivity contribution >= 4 is 17.5 Å². The zero-order valence-electron chi connectivity index (χ0n) is 8.19. The average Bonchev–Trinajstić information content (AvgIpc) is 2.64. The predicted molar refractivity (Wildman–Crippen MR) is 58.0 cm³/mol. The molecule has 1 aromatic rings. The van der Waals surface area contributed by atoms with E-state index in [4.69, 9.17) is 11.6 Å². The van der Waals surface area contributed by atoms with Crippen LogP contribution in [0.25, 0.3) is 0 Å². The summed E-state index contributed by atoms with van der Waals surface area (Å²) in [6.45, 7) is 1.04. The number of benzene rings is 1. The maximum absolute atomic E-state index is 11.9. The molecular weight excluding hydrogens is 214 g/mol. The lowest BCUT2D eigenvalue weighted by Gasteiger charge is -2.15. The van der Waals surface area contributed by atoms with Crippen LogP contribution in [0.1, 0.15) is 16.8 Å². The Kier molecular flexibility index (Phi) is 2.93. The molecule has 0 saturated carbocycles. The van der Waals surface area contributed by atoms with Gasteiger partial charge in [0, 0.05) is 23.7 Å². The largest absolute Gasteiger partial charge is 0.391 e. The Morgan fingerprint density at radius 1 is 1.53 bits per heavy atom. The molecule has 1 aromatic carbocycles. The summed E-state index contributed by atoms with van der Waals surface area (Å²) < 4.78 is 0. The summed E-state index contributed by atoms with van der Waals surface area (Å²) in [6, 6.07) is 6.87. The highest BCUT2D eigenvalue weighted by molar-refractivity contribution is 6.30. The molecule has 0 unspecified atom stereocenters. The number of likely N-dealkylation sites (tertiary alicyclic amines) is 1. The molecule has 0 aromatic heterocycles. The van der Waals surface area contributed by atoms with Crippen LogP contribution in [0, 0.1) is 0 Å². The summed E-state index contributed by atoms with van der Waals surface area (Å²) in [7, 11) is 0. The lowest BCUT2D eigenvalue weighted by molar-refractivity contribution is 0.0765. The summed E-state index contributed by atoms with van der Waals surface area (Å²) in [5, 5.41) is 9.89. The van der Waals surface area contributed by atoms with Gasteiger partial charge in [0.25, 0.3) is 5.91 Å². The molecule has 1 fully saturated rings. The quantitative estimate of drug-likeness (QED) is 0.788. The fourth-order valence-corrected chi connectivity index (χ4v) is 1.92. The number of amides is 1. The minimum Gasteiger partial charge on any atom is -0.391 e. The van der Waals surface area contributed by atoms with E-state index in [0.717, 1.165) is 0 Å². The number of hydrogen-bond donors (Lipinski definition) is 1. The summed E-state index contributed by atoms with van der Waals surface area (Å²) in [5.41, 5.74) is 0.580. The summed E-state index contributed by atoms with van der Waals surface area (Å²) in [6.07, 6.45) is 0.278. The van der Waals surface area contributed by atoms with Gasteiger partial charge >= 0.3 is 0 Å². The van der Waals surface area contributed by atoms with E-state index >= 15 is 0 Å².